The molecule has 19 heavy (non-hydrogen) atoms. The highest BCUT2D eigenvalue weighted by molar-refractivity contribution is 6.83. The molecular weight excluding hydrogens is 256 g/mol. The van der Waals surface area contributed by atoms with E-state index in [2.05, 4.69) is 31.1 Å². The molecule has 2 atom stereocenters. The first-order valence-corrected chi connectivity index (χ1v) is 10.1. The van der Waals surface area contributed by atoms with Crippen molar-refractivity contribution in [2.45, 2.75) is 59.0 Å². The molecule has 108 valence electrons. The van der Waals surface area contributed by atoms with Crippen LogP contribution in [0.5, 0.6) is 0 Å². The van der Waals surface area contributed by atoms with Crippen molar-refractivity contribution in [1.82, 2.24) is 9.96 Å². The molecule has 1 heterocycles. The van der Waals surface area contributed by atoms with Gasteiger partial charge >= 0.3 is 0 Å². The zero-order chi connectivity index (χ0) is 15.2. The molecule has 0 bridgehead atoms. The lowest BCUT2D eigenvalue weighted by molar-refractivity contribution is -0.188. The third kappa shape index (κ3) is 3.02. The van der Waals surface area contributed by atoms with Crippen LogP contribution in [-0.2, 0) is 4.79 Å². The van der Waals surface area contributed by atoms with Gasteiger partial charge in [0.05, 0.1) is 0 Å². The van der Waals surface area contributed by atoms with Gasteiger partial charge in [-0.1, -0.05) is 46.3 Å². The second kappa shape index (κ2) is 4.62. The van der Waals surface area contributed by atoms with Crippen LogP contribution in [0, 0.1) is 16.9 Å². The third-order valence-electron chi connectivity index (χ3n) is 3.25. The van der Waals surface area contributed by atoms with Gasteiger partial charge in [-0.2, -0.15) is 0 Å². The minimum absolute atomic E-state index is 0.138. The van der Waals surface area contributed by atoms with E-state index in [4.69, 9.17) is 0 Å². The highest BCUT2D eigenvalue weighted by Gasteiger charge is 2.56. The van der Waals surface area contributed by atoms with Crippen molar-refractivity contribution in [3.8, 4) is 11.5 Å². The second-order valence-corrected chi connectivity index (χ2v) is 12.3. The van der Waals surface area contributed by atoms with Crippen LogP contribution in [0.3, 0.4) is 0 Å². The molecule has 0 aromatic heterocycles. The number of hydroxylamine groups is 2. The summed E-state index contributed by atoms with van der Waals surface area (Å²) in [5, 5.41) is 11.6. The predicted octanol–water partition coefficient (Wildman–Crippen LogP) is 2.16. The lowest BCUT2D eigenvalue weighted by atomic mass is 9.91. The van der Waals surface area contributed by atoms with Gasteiger partial charge in [0, 0.05) is 7.05 Å². The number of amides is 1. The highest BCUT2D eigenvalue weighted by Crippen LogP contribution is 2.37. The Morgan fingerprint density at radius 2 is 1.79 bits per heavy atom. The van der Waals surface area contributed by atoms with Gasteiger partial charge in [0.25, 0.3) is 5.91 Å². The molecule has 1 fully saturated rings. The minimum Gasteiger partial charge on any atom is -0.325 e. The van der Waals surface area contributed by atoms with E-state index in [0.29, 0.717) is 0 Å². The van der Waals surface area contributed by atoms with Gasteiger partial charge in [-0.25, -0.2) is 0 Å². The summed E-state index contributed by atoms with van der Waals surface area (Å²) in [5.74, 6) is 2.89. The Hall–Kier alpha value is -0.833. The second-order valence-electron chi connectivity index (χ2n) is 7.57. The minimum atomic E-state index is -1.59. The number of nitrogens with zero attached hydrogens (tertiary/aromatic N) is 2. The average molecular weight is 282 g/mol. The maximum Gasteiger partial charge on any atom is 0.258 e. The molecule has 0 aromatic rings. The van der Waals surface area contributed by atoms with E-state index in [-0.39, 0.29) is 17.5 Å². The SMILES string of the molecule is CN1C(=O)[C@](C)(C#C[Si](C)(C)C)N(O)[C@H]1C(C)(C)C. The van der Waals surface area contributed by atoms with E-state index in [1.165, 1.54) is 0 Å². The molecule has 0 saturated carbocycles. The molecule has 0 aliphatic carbocycles. The first-order valence-electron chi connectivity index (χ1n) is 6.60. The molecule has 4 nitrogen and oxygen atoms in total. The molecule has 1 saturated heterocycles. The van der Waals surface area contributed by atoms with Gasteiger partial charge in [0.15, 0.2) is 5.54 Å². The molecule has 1 rings (SSSR count). The largest absolute Gasteiger partial charge is 0.325 e. The Morgan fingerprint density at radius 1 is 1.32 bits per heavy atom. The highest BCUT2D eigenvalue weighted by atomic mass is 28.3. The van der Waals surface area contributed by atoms with Gasteiger partial charge in [-0.05, 0) is 12.3 Å². The number of hydrogen-bond donors (Lipinski definition) is 1. The zero-order valence-electron chi connectivity index (χ0n) is 13.3. The summed E-state index contributed by atoms with van der Waals surface area (Å²) in [6, 6.07) is 0. The van der Waals surface area contributed by atoms with E-state index < -0.39 is 13.6 Å². The number of carbonyl (C=O) groups excluding carboxylic acids is 1. The normalized spacial score (nSPS) is 29.4. The molecule has 1 aliphatic rings. The van der Waals surface area contributed by atoms with Crippen LogP contribution in [0.1, 0.15) is 27.7 Å². The molecule has 5 heteroatoms. The van der Waals surface area contributed by atoms with Crippen LogP contribution in [0.4, 0.5) is 0 Å². The fourth-order valence-electron chi connectivity index (χ4n) is 2.33. The summed E-state index contributed by atoms with van der Waals surface area (Å²) in [7, 11) is 0.135. The molecule has 0 spiro atoms. The average Bonchev–Trinajstić information content (AvgIpc) is 2.36. The van der Waals surface area contributed by atoms with Gasteiger partial charge in [-0.3, -0.25) is 4.79 Å². The van der Waals surface area contributed by atoms with Gasteiger partial charge in [0.2, 0.25) is 0 Å². The van der Waals surface area contributed by atoms with Crippen LogP contribution in [0.25, 0.3) is 0 Å². The van der Waals surface area contributed by atoms with Crippen LogP contribution >= 0.6 is 0 Å². The Kier molecular flexibility index (Phi) is 3.94. The van der Waals surface area contributed by atoms with E-state index in [9.17, 15) is 10.0 Å². The molecule has 0 radical (unpaired) electrons. The quantitative estimate of drug-likeness (QED) is 0.547. The van der Waals surface area contributed by atoms with Gasteiger partial charge < -0.3 is 10.1 Å². The van der Waals surface area contributed by atoms with Crippen molar-refractivity contribution in [2.75, 3.05) is 7.05 Å². The maximum absolute atomic E-state index is 12.4. The maximum atomic E-state index is 12.4. The van der Waals surface area contributed by atoms with Crippen molar-refractivity contribution in [2.24, 2.45) is 5.41 Å². The van der Waals surface area contributed by atoms with E-state index in [1.54, 1.807) is 18.9 Å². The molecule has 1 N–H and O–H groups in total. The van der Waals surface area contributed by atoms with Crippen LogP contribution < -0.4 is 0 Å². The van der Waals surface area contributed by atoms with Crippen molar-refractivity contribution < 1.29 is 10.0 Å². The fourth-order valence-corrected chi connectivity index (χ4v) is 2.95. The van der Waals surface area contributed by atoms with Crippen molar-refractivity contribution >= 4 is 14.0 Å². The molecule has 0 aromatic carbocycles. The first kappa shape index (κ1) is 16.2. The van der Waals surface area contributed by atoms with Crippen molar-refractivity contribution in [3.05, 3.63) is 0 Å². The molecular formula is C14H26N2O2Si. The third-order valence-corrected chi connectivity index (χ3v) is 4.12. The van der Waals surface area contributed by atoms with Crippen LogP contribution in [0.2, 0.25) is 19.6 Å². The molecule has 1 amide bonds. The van der Waals surface area contributed by atoms with Crippen LogP contribution in [0.15, 0.2) is 0 Å². The monoisotopic (exact) mass is 282 g/mol. The van der Waals surface area contributed by atoms with E-state index in [0.717, 1.165) is 5.06 Å². The molecule has 0 unspecified atom stereocenters. The zero-order valence-corrected chi connectivity index (χ0v) is 14.3. The summed E-state index contributed by atoms with van der Waals surface area (Å²) in [5.41, 5.74) is 1.83. The fraction of sp³-hybridized carbons (Fsp3) is 0.786. The Balaban J connectivity index is 3.23. The molecule has 1 aliphatic heterocycles. The number of likely N-dealkylation sites (N-methyl/N-ethyl adjacent to an activating group) is 1. The first-order chi connectivity index (χ1) is 8.31. The summed E-state index contributed by atoms with van der Waals surface area (Å²) >= 11 is 0. The lowest BCUT2D eigenvalue weighted by Gasteiger charge is -2.36. The van der Waals surface area contributed by atoms with Crippen LogP contribution in [-0.4, -0.2) is 47.9 Å². The predicted molar refractivity (Wildman–Crippen MR) is 79.2 cm³/mol. The Bertz CT molecular complexity index is 439. The topological polar surface area (TPSA) is 43.8 Å². The Morgan fingerprint density at radius 3 is 2.11 bits per heavy atom. The lowest BCUT2D eigenvalue weighted by Crippen LogP contribution is -2.49. The Labute approximate surface area is 117 Å². The van der Waals surface area contributed by atoms with Crippen molar-refractivity contribution in [1.29, 1.82) is 0 Å². The summed E-state index contributed by atoms with van der Waals surface area (Å²) in [4.78, 5) is 14.0. The standard InChI is InChI=1S/C14H26N2O2Si/c1-13(2,3)11-15(5)12(17)14(4,16(11)18)9-10-19(6,7)8/h11,18H,1-8H3/t11-,14-/m0/s1. The summed E-state index contributed by atoms with van der Waals surface area (Å²) in [6.45, 7) is 14.1. The smallest absolute Gasteiger partial charge is 0.258 e. The van der Waals surface area contributed by atoms with E-state index >= 15 is 0 Å². The number of hydrogen-bond acceptors (Lipinski definition) is 3. The van der Waals surface area contributed by atoms with Gasteiger partial charge in [0.1, 0.15) is 14.2 Å². The van der Waals surface area contributed by atoms with Crippen molar-refractivity contribution in [3.63, 3.8) is 0 Å². The number of carbonyl (C=O) groups is 1. The van der Waals surface area contributed by atoms with Gasteiger partial charge in [-0.15, -0.1) is 10.6 Å². The van der Waals surface area contributed by atoms with E-state index in [1.807, 2.05) is 20.8 Å². The summed E-state index contributed by atoms with van der Waals surface area (Å²) in [6.07, 6.45) is -0.360. The summed E-state index contributed by atoms with van der Waals surface area (Å²) < 4.78 is 0. The number of rotatable bonds is 0.